The predicted molar refractivity (Wildman–Crippen MR) is 196 cm³/mol. The summed E-state index contributed by atoms with van der Waals surface area (Å²) in [5.41, 5.74) is -0.484. The first-order valence-electron chi connectivity index (χ1n) is 18.1. The maximum Gasteiger partial charge on any atom is 0.333 e. The average molecular weight is 700 g/mol. The van der Waals surface area contributed by atoms with Crippen molar-refractivity contribution in [2.75, 3.05) is 27.2 Å². The zero-order valence-corrected chi connectivity index (χ0v) is 31.8. The highest BCUT2D eigenvalue weighted by Gasteiger charge is 2.81. The maximum atomic E-state index is 14.9. The van der Waals surface area contributed by atoms with E-state index in [9.17, 15) is 19.5 Å². The largest absolute Gasteiger partial charge is 0.506 e. The van der Waals surface area contributed by atoms with Crippen molar-refractivity contribution in [2.45, 2.75) is 110 Å². The van der Waals surface area contributed by atoms with Gasteiger partial charge in [0.2, 0.25) is 0 Å². The van der Waals surface area contributed by atoms with Crippen LogP contribution in [0.15, 0.2) is 52.7 Å². The molecule has 1 spiro atoms. The Hall–Kier alpha value is -3.95. The van der Waals surface area contributed by atoms with E-state index in [-0.39, 0.29) is 47.6 Å². The second-order valence-electron chi connectivity index (χ2n) is 16.4. The maximum absolute atomic E-state index is 14.9. The molecule has 0 amide bonds. The predicted octanol–water partition coefficient (Wildman–Crippen LogP) is 7.26. The number of fused-ring (bicyclic) bond motifs is 2. The summed E-state index contributed by atoms with van der Waals surface area (Å²) >= 11 is 0. The Kier molecular flexibility index (Phi) is 9.33. The Bertz CT molecular complexity index is 1830. The molecule has 3 aliphatic heterocycles. The number of hydrogen-bond donors (Lipinski definition) is 1. The molecule has 1 aromatic rings. The number of nitrogens with zero attached hydrogens (tertiary/aromatic N) is 1. The van der Waals surface area contributed by atoms with Crippen LogP contribution in [-0.4, -0.2) is 77.2 Å². The molecule has 5 atom stereocenters. The summed E-state index contributed by atoms with van der Waals surface area (Å²) in [6, 6.07) is 0. The molecule has 51 heavy (non-hydrogen) atoms. The van der Waals surface area contributed by atoms with Crippen molar-refractivity contribution in [3.05, 3.63) is 69.4 Å². The number of allylic oxidation sites excluding steroid dienone is 5. The minimum absolute atomic E-state index is 0.0126. The van der Waals surface area contributed by atoms with Crippen molar-refractivity contribution < 1.29 is 38.4 Å². The average Bonchev–Trinajstić information content (AvgIpc) is 3.19. The van der Waals surface area contributed by atoms with E-state index >= 15 is 0 Å². The molecule has 6 aliphatic rings. The van der Waals surface area contributed by atoms with Gasteiger partial charge in [0.1, 0.15) is 35.0 Å². The smallest absolute Gasteiger partial charge is 0.333 e. The zero-order valence-electron chi connectivity index (χ0n) is 31.8. The van der Waals surface area contributed by atoms with E-state index < -0.39 is 34.3 Å². The van der Waals surface area contributed by atoms with Gasteiger partial charge >= 0.3 is 5.97 Å². The van der Waals surface area contributed by atoms with Crippen LogP contribution in [0.5, 0.6) is 17.2 Å². The second kappa shape index (κ2) is 12.9. The van der Waals surface area contributed by atoms with Gasteiger partial charge in [0, 0.05) is 41.5 Å². The standard InChI is InChI=1S/C42H53NO8/c1-24(2)12-11-17-40(8)18-16-28-33(44)32-34(45)30-22-27-23-31-39(6,7)51-41(37(27)46,19-15-26(5)38(47)48-21-20-43(9)10)42(30,31)50-36(32)29(35(28)49-40)14-13-25(3)4/h12-13,15-16,18,22,27,31,44H,11,14,17,19-21,23H2,1-10H3/b26-15-/t27-,31+,40-,41+,42-/m1/s1. The highest BCUT2D eigenvalue weighted by molar-refractivity contribution is 6.19. The van der Waals surface area contributed by atoms with E-state index in [0.717, 1.165) is 12.0 Å². The number of benzene rings is 1. The van der Waals surface area contributed by atoms with E-state index in [0.29, 0.717) is 53.8 Å². The van der Waals surface area contributed by atoms with Crippen LogP contribution in [0, 0.1) is 11.8 Å². The molecule has 1 saturated carbocycles. The second-order valence-corrected chi connectivity index (χ2v) is 16.4. The molecule has 1 N–H and O–H groups in total. The number of phenols is 1. The Morgan fingerprint density at radius 2 is 1.73 bits per heavy atom. The molecule has 1 saturated heterocycles. The Balaban J connectivity index is 1.50. The molecule has 9 heteroatoms. The summed E-state index contributed by atoms with van der Waals surface area (Å²) in [6.07, 6.45) is 13.8. The quantitative estimate of drug-likeness (QED) is 0.145. The fourth-order valence-corrected chi connectivity index (χ4v) is 8.60. The van der Waals surface area contributed by atoms with Crippen LogP contribution in [0.4, 0.5) is 0 Å². The van der Waals surface area contributed by atoms with Crippen molar-refractivity contribution in [1.29, 1.82) is 0 Å². The van der Waals surface area contributed by atoms with Gasteiger partial charge in [-0.3, -0.25) is 9.59 Å². The summed E-state index contributed by atoms with van der Waals surface area (Å²) in [7, 11) is 3.80. The number of carbonyl (C=O) groups is 3. The molecule has 4 bridgehead atoms. The first-order valence-corrected chi connectivity index (χ1v) is 18.1. The summed E-state index contributed by atoms with van der Waals surface area (Å²) in [5.74, 6) is -1.47. The minimum atomic E-state index is -1.59. The molecule has 0 unspecified atom stereocenters. The fraction of sp³-hybridized carbons (Fsp3) is 0.548. The van der Waals surface area contributed by atoms with Crippen molar-refractivity contribution in [1.82, 2.24) is 4.90 Å². The van der Waals surface area contributed by atoms with Gasteiger partial charge < -0.3 is 29.0 Å². The third-order valence-electron chi connectivity index (χ3n) is 11.2. The number of hydrogen-bond acceptors (Lipinski definition) is 9. The third-order valence-corrected chi connectivity index (χ3v) is 11.2. The van der Waals surface area contributed by atoms with Crippen molar-refractivity contribution in [3.8, 4) is 17.2 Å². The number of Topliss-reactive ketones (excluding diaryl/α,β-unsaturated/α-hetero) is 2. The van der Waals surface area contributed by atoms with Gasteiger partial charge in [-0.2, -0.15) is 0 Å². The van der Waals surface area contributed by atoms with Gasteiger partial charge in [-0.25, -0.2) is 4.79 Å². The normalized spacial score (nSPS) is 29.4. The summed E-state index contributed by atoms with van der Waals surface area (Å²) in [5, 5.41) is 11.9. The number of ether oxygens (including phenoxy) is 4. The molecule has 0 radical (unpaired) electrons. The van der Waals surface area contributed by atoms with Crippen LogP contribution in [0.3, 0.4) is 0 Å². The highest BCUT2D eigenvalue weighted by Crippen LogP contribution is 2.68. The van der Waals surface area contributed by atoms with Gasteiger partial charge in [0.05, 0.1) is 11.2 Å². The van der Waals surface area contributed by atoms with Gasteiger partial charge in [-0.15, -0.1) is 0 Å². The lowest BCUT2D eigenvalue weighted by Crippen LogP contribution is -2.72. The molecule has 0 aromatic heterocycles. The zero-order chi connectivity index (χ0) is 37.3. The van der Waals surface area contributed by atoms with E-state index in [2.05, 4.69) is 19.9 Å². The lowest BCUT2D eigenvalue weighted by Gasteiger charge is -2.56. The van der Waals surface area contributed by atoms with Crippen LogP contribution < -0.4 is 9.47 Å². The molecule has 274 valence electrons. The molecule has 2 fully saturated rings. The van der Waals surface area contributed by atoms with Crippen LogP contribution >= 0.6 is 0 Å². The molecule has 7 rings (SSSR count). The van der Waals surface area contributed by atoms with Crippen molar-refractivity contribution >= 4 is 23.6 Å². The van der Waals surface area contributed by atoms with E-state index in [1.165, 1.54) is 5.57 Å². The Labute approximate surface area is 302 Å². The highest BCUT2D eigenvalue weighted by atomic mass is 16.6. The number of carbonyl (C=O) groups excluding carboxylic acids is 3. The first kappa shape index (κ1) is 36.8. The molecule has 1 aromatic carbocycles. The van der Waals surface area contributed by atoms with Gasteiger partial charge in [-0.1, -0.05) is 35.5 Å². The molecular formula is C42H53NO8. The molecule has 3 aliphatic carbocycles. The topological polar surface area (TPSA) is 112 Å². The number of esters is 1. The van der Waals surface area contributed by atoms with Gasteiger partial charge in [-0.05, 0) is 107 Å². The van der Waals surface area contributed by atoms with Crippen molar-refractivity contribution in [3.63, 3.8) is 0 Å². The van der Waals surface area contributed by atoms with Crippen LogP contribution in [-0.2, 0) is 25.5 Å². The molecule has 9 nitrogen and oxygen atoms in total. The fourth-order valence-electron chi connectivity index (χ4n) is 8.60. The lowest BCUT2D eigenvalue weighted by molar-refractivity contribution is -0.171. The van der Waals surface area contributed by atoms with Gasteiger partial charge in [0.15, 0.2) is 22.8 Å². The van der Waals surface area contributed by atoms with E-state index in [1.807, 2.05) is 71.8 Å². The summed E-state index contributed by atoms with van der Waals surface area (Å²) < 4.78 is 26.4. The van der Waals surface area contributed by atoms with E-state index in [1.54, 1.807) is 19.1 Å². The first-order chi connectivity index (χ1) is 23.9. The molecule has 3 heterocycles. The minimum Gasteiger partial charge on any atom is -0.506 e. The van der Waals surface area contributed by atoms with Gasteiger partial charge in [0.25, 0.3) is 0 Å². The SMILES string of the molecule is CC(C)=CCC[C@]1(C)C=Cc2c(O)c3c(c(CC=C(C)C)c2O1)O[C@]12C(=C[C@@H]4C[C@H]1C(C)(C)O[C@@]2(C/C=C(/C)C(=O)OCCN(C)C)C4=O)C3=O. The number of rotatable bonds is 11. The van der Waals surface area contributed by atoms with Crippen LogP contribution in [0.25, 0.3) is 6.08 Å². The molecular weight excluding hydrogens is 646 g/mol. The Morgan fingerprint density at radius 3 is 2.39 bits per heavy atom. The lowest BCUT2D eigenvalue weighted by atomic mass is 9.51. The van der Waals surface area contributed by atoms with Crippen LogP contribution in [0.2, 0.25) is 0 Å². The monoisotopic (exact) mass is 699 g/mol. The number of phenolic OH excluding ortho intramolecular Hbond substituents is 1. The number of ketones is 2. The Morgan fingerprint density at radius 1 is 1.02 bits per heavy atom. The van der Waals surface area contributed by atoms with E-state index in [4.69, 9.17) is 18.9 Å². The number of aromatic hydroxyl groups is 1. The number of likely N-dealkylation sites (N-methyl/N-ethyl adjacent to an activating group) is 1. The van der Waals surface area contributed by atoms with Crippen LogP contribution in [0.1, 0.15) is 103 Å². The summed E-state index contributed by atoms with van der Waals surface area (Å²) in [4.78, 5) is 44.4. The third kappa shape index (κ3) is 5.90. The summed E-state index contributed by atoms with van der Waals surface area (Å²) in [6.45, 7) is 16.5. The van der Waals surface area contributed by atoms with Crippen molar-refractivity contribution in [2.24, 2.45) is 11.8 Å².